The van der Waals surface area contributed by atoms with Crippen molar-refractivity contribution in [3.05, 3.63) is 47.9 Å². The zero-order valence-electron chi connectivity index (χ0n) is 15.6. The molecular formula is C19H22ClF3N6. The minimum absolute atomic E-state index is 0. The van der Waals surface area contributed by atoms with E-state index in [2.05, 4.69) is 25.5 Å². The second kappa shape index (κ2) is 8.96. The molecule has 1 aliphatic rings. The average Bonchev–Trinajstić information content (AvgIpc) is 3.18. The lowest BCUT2D eigenvalue weighted by Gasteiger charge is -2.38. The zero-order chi connectivity index (χ0) is 19.6. The monoisotopic (exact) mass is 426 g/mol. The Balaban J connectivity index is 0.00000240. The molecule has 3 aromatic rings. The number of aromatic nitrogens is 4. The molecule has 0 spiro atoms. The van der Waals surface area contributed by atoms with E-state index >= 15 is 0 Å². The Bertz CT molecular complexity index is 933. The van der Waals surface area contributed by atoms with Crippen LogP contribution in [0.4, 0.5) is 19.0 Å². The van der Waals surface area contributed by atoms with Crippen molar-refractivity contribution < 1.29 is 13.2 Å². The Morgan fingerprint density at radius 3 is 2.66 bits per heavy atom. The molecule has 0 bridgehead atoms. The lowest BCUT2D eigenvalue weighted by molar-refractivity contribution is -0.0734. The fraction of sp³-hybridized carbons (Fsp3) is 0.421. The summed E-state index contributed by atoms with van der Waals surface area (Å²) in [6.45, 7) is 0.295. The van der Waals surface area contributed by atoms with E-state index in [0.717, 1.165) is 5.56 Å². The summed E-state index contributed by atoms with van der Waals surface area (Å²) in [7, 11) is 0. The van der Waals surface area contributed by atoms with Gasteiger partial charge in [-0.2, -0.15) is 5.10 Å². The molecule has 3 heterocycles. The van der Waals surface area contributed by atoms with Crippen molar-refractivity contribution in [2.45, 2.75) is 31.5 Å². The number of aromatic amines is 1. The van der Waals surface area contributed by atoms with Crippen molar-refractivity contribution in [1.82, 2.24) is 25.1 Å². The standard InChI is InChI=1S/C19H21F3N6.ClH/c20-9-14-3-1-13(2-4-14)5-7-28-8-6-16(19(21,22)11-28)26-17-15-10-25-27-18(15)24-12-23-17;/h1-4,10,12,16H,5-9,11H2,(H2,23,24,25,26,27);1H/t16-;/m0./s1. The van der Waals surface area contributed by atoms with Crippen molar-refractivity contribution >= 4 is 29.3 Å². The van der Waals surface area contributed by atoms with Gasteiger partial charge in [0.05, 0.1) is 24.2 Å². The Kier molecular flexibility index (Phi) is 6.59. The summed E-state index contributed by atoms with van der Waals surface area (Å²) in [6.07, 6.45) is 3.81. The third-order valence-corrected chi connectivity index (χ3v) is 5.13. The number of benzene rings is 1. The number of H-pyrrole nitrogens is 1. The van der Waals surface area contributed by atoms with E-state index in [-0.39, 0.29) is 19.0 Å². The molecule has 1 saturated heterocycles. The van der Waals surface area contributed by atoms with Gasteiger partial charge in [-0.25, -0.2) is 23.1 Å². The van der Waals surface area contributed by atoms with Crippen LogP contribution in [0.15, 0.2) is 36.8 Å². The average molecular weight is 427 g/mol. The Hall–Kier alpha value is -2.39. The largest absolute Gasteiger partial charge is 0.360 e. The van der Waals surface area contributed by atoms with Crippen molar-refractivity contribution in [1.29, 1.82) is 0 Å². The van der Waals surface area contributed by atoms with Gasteiger partial charge in [0, 0.05) is 13.1 Å². The molecule has 1 aliphatic heterocycles. The number of alkyl halides is 3. The molecule has 29 heavy (non-hydrogen) atoms. The first-order valence-corrected chi connectivity index (χ1v) is 9.20. The van der Waals surface area contributed by atoms with Crippen LogP contribution in [0.2, 0.25) is 0 Å². The summed E-state index contributed by atoms with van der Waals surface area (Å²) in [6, 6.07) is 6.18. The normalized spacial score (nSPS) is 19.1. The Morgan fingerprint density at radius 1 is 1.17 bits per heavy atom. The maximum atomic E-state index is 14.7. The molecule has 2 N–H and O–H groups in total. The number of fused-ring (bicyclic) bond motifs is 1. The number of rotatable bonds is 6. The van der Waals surface area contributed by atoms with E-state index < -0.39 is 18.6 Å². The van der Waals surface area contributed by atoms with Crippen molar-refractivity contribution in [2.75, 3.05) is 25.0 Å². The van der Waals surface area contributed by atoms with Gasteiger partial charge in [-0.3, -0.25) is 10.00 Å². The predicted octanol–water partition coefficient (Wildman–Crippen LogP) is 3.61. The number of nitrogens with zero attached hydrogens (tertiary/aromatic N) is 4. The Morgan fingerprint density at radius 2 is 1.93 bits per heavy atom. The zero-order valence-corrected chi connectivity index (χ0v) is 16.4. The summed E-state index contributed by atoms with van der Waals surface area (Å²) in [5, 5.41) is 10.1. The number of hydrogen-bond acceptors (Lipinski definition) is 5. The van der Waals surface area contributed by atoms with E-state index in [1.54, 1.807) is 17.0 Å². The van der Waals surface area contributed by atoms with Gasteiger partial charge in [0.1, 0.15) is 18.8 Å². The molecule has 0 amide bonds. The quantitative estimate of drug-likeness (QED) is 0.630. The highest BCUT2D eigenvalue weighted by Gasteiger charge is 2.44. The lowest BCUT2D eigenvalue weighted by Crippen LogP contribution is -2.54. The van der Waals surface area contributed by atoms with Gasteiger partial charge < -0.3 is 5.32 Å². The van der Waals surface area contributed by atoms with E-state index in [4.69, 9.17) is 0 Å². The SMILES string of the molecule is Cl.FCc1ccc(CCN2CC[C@H](Nc3ncnc4[nH]ncc34)C(F)(F)C2)cc1. The highest BCUT2D eigenvalue weighted by molar-refractivity contribution is 5.86. The summed E-state index contributed by atoms with van der Waals surface area (Å²) in [5.41, 5.74) is 2.15. The van der Waals surface area contributed by atoms with Gasteiger partial charge in [-0.15, -0.1) is 12.4 Å². The van der Waals surface area contributed by atoms with E-state index in [1.807, 2.05) is 12.1 Å². The molecule has 156 valence electrons. The first kappa shape index (κ1) is 21.3. The van der Waals surface area contributed by atoms with Gasteiger partial charge >= 0.3 is 0 Å². The molecule has 10 heteroatoms. The molecule has 4 rings (SSSR count). The van der Waals surface area contributed by atoms with Crippen molar-refractivity contribution in [3.63, 3.8) is 0 Å². The van der Waals surface area contributed by atoms with Gasteiger partial charge in [-0.1, -0.05) is 24.3 Å². The predicted molar refractivity (Wildman–Crippen MR) is 107 cm³/mol. The summed E-state index contributed by atoms with van der Waals surface area (Å²) in [4.78, 5) is 9.89. The van der Waals surface area contributed by atoms with Gasteiger partial charge in [0.2, 0.25) is 0 Å². The van der Waals surface area contributed by atoms with Crippen LogP contribution < -0.4 is 5.32 Å². The van der Waals surface area contributed by atoms with Crippen molar-refractivity contribution in [2.24, 2.45) is 0 Å². The highest BCUT2D eigenvalue weighted by atomic mass is 35.5. The van der Waals surface area contributed by atoms with Crippen LogP contribution in [0, 0.1) is 0 Å². The molecule has 0 saturated carbocycles. The third kappa shape index (κ3) is 4.79. The smallest absolute Gasteiger partial charge is 0.280 e. The molecule has 0 radical (unpaired) electrons. The van der Waals surface area contributed by atoms with Crippen LogP contribution in [0.3, 0.4) is 0 Å². The van der Waals surface area contributed by atoms with E-state index in [1.165, 1.54) is 12.5 Å². The summed E-state index contributed by atoms with van der Waals surface area (Å²) >= 11 is 0. The maximum Gasteiger partial charge on any atom is 0.280 e. The number of nitrogens with one attached hydrogen (secondary N) is 2. The van der Waals surface area contributed by atoms with Crippen LogP contribution in [0.5, 0.6) is 0 Å². The third-order valence-electron chi connectivity index (χ3n) is 5.13. The number of likely N-dealkylation sites (tertiary alicyclic amines) is 1. The molecule has 1 fully saturated rings. The number of anilines is 1. The topological polar surface area (TPSA) is 69.7 Å². The molecule has 1 aromatic carbocycles. The molecule has 2 aromatic heterocycles. The lowest BCUT2D eigenvalue weighted by atomic mass is 9.99. The molecule has 0 aliphatic carbocycles. The van der Waals surface area contributed by atoms with Crippen LogP contribution in [-0.2, 0) is 13.1 Å². The van der Waals surface area contributed by atoms with E-state index in [9.17, 15) is 13.2 Å². The van der Waals surface area contributed by atoms with Crippen LogP contribution in [0.25, 0.3) is 11.0 Å². The highest BCUT2D eigenvalue weighted by Crippen LogP contribution is 2.31. The van der Waals surface area contributed by atoms with E-state index in [0.29, 0.717) is 48.3 Å². The van der Waals surface area contributed by atoms with Gasteiger partial charge in [-0.05, 0) is 24.0 Å². The Labute approximate surface area is 172 Å². The number of hydrogen-bond donors (Lipinski definition) is 2. The number of piperidine rings is 1. The molecule has 1 atom stereocenters. The summed E-state index contributed by atoms with van der Waals surface area (Å²) in [5.74, 6) is -2.53. The molecule has 0 unspecified atom stereocenters. The first-order chi connectivity index (χ1) is 13.5. The van der Waals surface area contributed by atoms with Gasteiger partial charge in [0.15, 0.2) is 5.65 Å². The van der Waals surface area contributed by atoms with Crippen molar-refractivity contribution in [3.8, 4) is 0 Å². The van der Waals surface area contributed by atoms with Crippen LogP contribution in [-0.4, -0.2) is 56.7 Å². The van der Waals surface area contributed by atoms with Crippen LogP contribution in [0.1, 0.15) is 17.5 Å². The second-order valence-corrected chi connectivity index (χ2v) is 7.08. The maximum absolute atomic E-state index is 14.7. The van der Waals surface area contributed by atoms with Gasteiger partial charge in [0.25, 0.3) is 5.92 Å². The first-order valence-electron chi connectivity index (χ1n) is 9.20. The fourth-order valence-electron chi connectivity index (χ4n) is 3.51. The second-order valence-electron chi connectivity index (χ2n) is 7.08. The minimum atomic E-state index is -2.89. The van der Waals surface area contributed by atoms with Crippen LogP contribution >= 0.6 is 12.4 Å². The fourth-order valence-corrected chi connectivity index (χ4v) is 3.51. The molecular weight excluding hydrogens is 405 g/mol. The number of halogens is 4. The summed E-state index contributed by atoms with van der Waals surface area (Å²) < 4.78 is 42.1. The molecule has 6 nitrogen and oxygen atoms in total. The minimum Gasteiger partial charge on any atom is -0.360 e.